The summed E-state index contributed by atoms with van der Waals surface area (Å²) in [7, 11) is 0. The van der Waals surface area contributed by atoms with E-state index in [0.717, 1.165) is 0 Å². The van der Waals surface area contributed by atoms with Crippen molar-refractivity contribution in [3.8, 4) is 0 Å². The van der Waals surface area contributed by atoms with Gasteiger partial charge in [-0.3, -0.25) is 9.59 Å². The summed E-state index contributed by atoms with van der Waals surface area (Å²) in [6.45, 7) is 0.413. The molecule has 0 amide bonds. The zero-order valence-corrected chi connectivity index (χ0v) is 17.2. The van der Waals surface area contributed by atoms with Gasteiger partial charge in [0.2, 0.25) is 0 Å². The Kier molecular flexibility index (Phi) is 7.45. The molecule has 0 aliphatic heterocycles. The lowest BCUT2D eigenvalue weighted by atomic mass is 9.92. The summed E-state index contributed by atoms with van der Waals surface area (Å²) in [6.07, 6.45) is 6.56. The predicted octanol–water partition coefficient (Wildman–Crippen LogP) is 4.81. The molecule has 0 bridgehead atoms. The van der Waals surface area contributed by atoms with Gasteiger partial charge in [0.25, 0.3) is 0 Å². The number of hydrogen-bond acceptors (Lipinski definition) is 3. The quantitative estimate of drug-likeness (QED) is 0.513. The van der Waals surface area contributed by atoms with Crippen molar-refractivity contribution in [2.45, 2.75) is 35.4 Å². The number of alkyl halides is 2. The molecule has 0 fully saturated rings. The second kappa shape index (κ2) is 9.01. The van der Waals surface area contributed by atoms with Gasteiger partial charge in [-0.15, -0.1) is 23.2 Å². The van der Waals surface area contributed by atoms with Crippen LogP contribution in [0, 0.1) is 0 Å². The molecular weight excluding hydrogens is 438 g/mol. The summed E-state index contributed by atoms with van der Waals surface area (Å²) in [4.78, 5) is 19.7. The van der Waals surface area contributed by atoms with Gasteiger partial charge in [-0.2, -0.15) is 0 Å². The highest BCUT2D eigenvalue weighted by atomic mass is 35.5. The van der Waals surface area contributed by atoms with E-state index in [2.05, 4.69) is 0 Å². The number of carboxylic acids is 2. The monoisotopic (exact) mass is 454 g/mol. The Bertz CT molecular complexity index is 693. The van der Waals surface area contributed by atoms with Crippen LogP contribution in [0.1, 0.15) is 25.7 Å². The van der Waals surface area contributed by atoms with Crippen LogP contribution in [0.4, 0.5) is 0 Å². The van der Waals surface area contributed by atoms with Crippen LogP contribution in [0.2, 0.25) is 0 Å². The van der Waals surface area contributed by atoms with Crippen LogP contribution in [0.3, 0.4) is 0 Å². The number of carboxylic acid groups (broad SMARTS) is 2. The van der Waals surface area contributed by atoms with E-state index in [1.54, 1.807) is 24.3 Å². The molecule has 0 aromatic heterocycles. The highest BCUT2D eigenvalue weighted by Gasteiger charge is 2.33. The zero-order chi connectivity index (χ0) is 20.2. The molecule has 0 heterocycles. The van der Waals surface area contributed by atoms with Crippen LogP contribution in [-0.2, 0) is 14.3 Å². The molecule has 9 heteroatoms. The topological polar surface area (TPSA) is 83.8 Å². The maximum absolute atomic E-state index is 10.9. The van der Waals surface area contributed by atoms with Crippen LogP contribution in [0.25, 0.3) is 0 Å². The van der Waals surface area contributed by atoms with Gasteiger partial charge in [-0.1, -0.05) is 47.5 Å². The van der Waals surface area contributed by atoms with Crippen molar-refractivity contribution >= 4 is 58.3 Å². The van der Waals surface area contributed by atoms with Gasteiger partial charge in [0.1, 0.15) is 0 Å². The molecule has 0 aromatic rings. The molecule has 148 valence electrons. The van der Waals surface area contributed by atoms with E-state index in [-0.39, 0.29) is 38.9 Å². The van der Waals surface area contributed by atoms with Crippen molar-refractivity contribution in [2.24, 2.45) is 0 Å². The van der Waals surface area contributed by atoms with Crippen LogP contribution in [0.5, 0.6) is 0 Å². The molecule has 2 unspecified atom stereocenters. The van der Waals surface area contributed by atoms with Crippen LogP contribution >= 0.6 is 46.4 Å². The first-order valence-corrected chi connectivity index (χ1v) is 9.56. The van der Waals surface area contributed by atoms with Crippen molar-refractivity contribution in [2.75, 3.05) is 13.2 Å². The van der Waals surface area contributed by atoms with Crippen LogP contribution < -0.4 is 0 Å². The standard InChI is InChI=1S/C18H18Cl4O5/c19-13-5-17(21,7-15(23)24)3-1-11(13)9-27-10-12-2-4-18(22,6-14(12)20)8-16(25)26/h1-4H,5-10H2,(H,23,24)(H,25,26). The smallest absolute Gasteiger partial charge is 0.305 e. The third-order valence-electron chi connectivity index (χ3n) is 4.17. The average Bonchev–Trinajstić information content (AvgIpc) is 2.49. The fourth-order valence-electron chi connectivity index (χ4n) is 2.81. The normalized spacial score (nSPS) is 28.0. The van der Waals surface area contributed by atoms with E-state index in [0.29, 0.717) is 21.2 Å². The molecule has 0 saturated heterocycles. The highest BCUT2D eigenvalue weighted by molar-refractivity contribution is 6.33. The largest absolute Gasteiger partial charge is 0.481 e. The minimum absolute atomic E-state index is 0.206. The summed E-state index contributed by atoms with van der Waals surface area (Å²) >= 11 is 25.0. The lowest BCUT2D eigenvalue weighted by Crippen LogP contribution is -2.26. The van der Waals surface area contributed by atoms with E-state index < -0.39 is 21.7 Å². The molecule has 2 aliphatic rings. The second-order valence-electron chi connectivity index (χ2n) is 6.58. The number of aliphatic carboxylic acids is 2. The fourth-order valence-corrected chi connectivity index (χ4v) is 4.28. The van der Waals surface area contributed by atoms with E-state index in [4.69, 9.17) is 61.4 Å². The van der Waals surface area contributed by atoms with Crippen LogP contribution in [0.15, 0.2) is 45.5 Å². The van der Waals surface area contributed by atoms with Crippen molar-refractivity contribution in [1.82, 2.24) is 0 Å². The number of allylic oxidation sites excluding steroid dienone is 4. The Balaban J connectivity index is 1.90. The van der Waals surface area contributed by atoms with Gasteiger partial charge in [-0.05, 0) is 11.1 Å². The number of carbonyl (C=O) groups is 2. The summed E-state index contributed by atoms with van der Waals surface area (Å²) in [5, 5.41) is 18.7. The molecule has 0 radical (unpaired) electrons. The minimum atomic E-state index is -1.03. The number of ether oxygens (including phenoxy) is 1. The number of rotatable bonds is 8. The molecule has 2 rings (SSSR count). The Morgan fingerprint density at radius 2 is 1.26 bits per heavy atom. The maximum atomic E-state index is 10.9. The van der Waals surface area contributed by atoms with Gasteiger partial charge >= 0.3 is 11.9 Å². The third kappa shape index (κ3) is 6.54. The fraction of sp³-hybridized carbons (Fsp3) is 0.444. The molecule has 0 aromatic carbocycles. The van der Waals surface area contributed by atoms with Crippen molar-refractivity contribution in [3.63, 3.8) is 0 Å². The summed E-state index contributed by atoms with van der Waals surface area (Å²) in [5.74, 6) is -1.99. The Hall–Kier alpha value is -0.980. The average molecular weight is 456 g/mol. The molecule has 0 spiro atoms. The Labute approximate surface area is 176 Å². The van der Waals surface area contributed by atoms with Gasteiger partial charge < -0.3 is 14.9 Å². The van der Waals surface area contributed by atoms with Gasteiger partial charge in [0.15, 0.2) is 0 Å². The Morgan fingerprint density at radius 3 is 1.56 bits per heavy atom. The zero-order valence-electron chi connectivity index (χ0n) is 14.2. The van der Waals surface area contributed by atoms with E-state index in [1.807, 2.05) is 0 Å². The van der Waals surface area contributed by atoms with Crippen molar-refractivity contribution in [1.29, 1.82) is 0 Å². The molecule has 5 nitrogen and oxygen atoms in total. The van der Waals surface area contributed by atoms with E-state index in [9.17, 15) is 9.59 Å². The molecular formula is C18H18Cl4O5. The molecule has 2 atom stereocenters. The molecule has 0 saturated carbocycles. The van der Waals surface area contributed by atoms with E-state index >= 15 is 0 Å². The lowest BCUT2D eigenvalue weighted by Gasteiger charge is -2.27. The van der Waals surface area contributed by atoms with Gasteiger partial charge in [0.05, 0.1) is 35.8 Å². The molecule has 2 N–H and O–H groups in total. The van der Waals surface area contributed by atoms with E-state index in [1.165, 1.54) is 0 Å². The number of halogens is 4. The summed E-state index contributed by atoms with van der Waals surface area (Å²) in [6, 6.07) is 0. The Morgan fingerprint density at radius 1 is 0.889 bits per heavy atom. The lowest BCUT2D eigenvalue weighted by molar-refractivity contribution is -0.138. The second-order valence-corrected chi connectivity index (χ2v) is 9.00. The molecule has 27 heavy (non-hydrogen) atoms. The first kappa shape index (κ1) is 22.3. The SMILES string of the molecule is O=C(O)CC1(Cl)C=CC(COCC2=C(Cl)CC(Cl)(CC(=O)O)C=C2)=C(Cl)C1. The van der Waals surface area contributed by atoms with Gasteiger partial charge in [-0.25, -0.2) is 0 Å². The maximum Gasteiger partial charge on any atom is 0.305 e. The first-order chi connectivity index (χ1) is 12.5. The summed E-state index contributed by atoms with van der Waals surface area (Å²) < 4.78 is 5.65. The minimum Gasteiger partial charge on any atom is -0.481 e. The highest BCUT2D eigenvalue weighted by Crippen LogP contribution is 2.38. The van der Waals surface area contributed by atoms with Gasteiger partial charge in [0, 0.05) is 22.9 Å². The third-order valence-corrected chi connectivity index (χ3v) is 5.71. The molecule has 2 aliphatic carbocycles. The van der Waals surface area contributed by atoms with Crippen molar-refractivity contribution < 1.29 is 24.5 Å². The predicted molar refractivity (Wildman–Crippen MR) is 106 cm³/mol. The van der Waals surface area contributed by atoms with Crippen LogP contribution in [-0.4, -0.2) is 45.1 Å². The summed E-state index contributed by atoms with van der Waals surface area (Å²) in [5.41, 5.74) is 1.43. The number of hydrogen-bond donors (Lipinski definition) is 2. The van der Waals surface area contributed by atoms with Crippen molar-refractivity contribution in [3.05, 3.63) is 45.5 Å². The first-order valence-electron chi connectivity index (χ1n) is 8.05.